The number of halogens is 1. The van der Waals surface area contributed by atoms with Crippen LogP contribution in [0, 0.1) is 5.82 Å². The first-order chi connectivity index (χ1) is 10.7. The Hall–Kier alpha value is -3.09. The third-order valence-corrected chi connectivity index (χ3v) is 3.09. The molecule has 3 rings (SSSR count). The standard InChI is InChI=1S/C15H12FN5O/c16-13-4-2-1-3-11(13)7-18-15(22)12-5-6-14(17-8-12)21-9-19-20-10-21/h1-6,8-10H,7H2,(H,18,22). The number of nitrogens with zero attached hydrogens (tertiary/aromatic N) is 4. The van der Waals surface area contributed by atoms with E-state index in [-0.39, 0.29) is 18.3 Å². The van der Waals surface area contributed by atoms with Crippen LogP contribution in [0.4, 0.5) is 4.39 Å². The van der Waals surface area contributed by atoms with Crippen molar-refractivity contribution in [3.63, 3.8) is 0 Å². The minimum atomic E-state index is -0.344. The monoisotopic (exact) mass is 297 g/mol. The fourth-order valence-corrected chi connectivity index (χ4v) is 1.91. The molecular formula is C15H12FN5O. The molecule has 2 aromatic heterocycles. The summed E-state index contributed by atoms with van der Waals surface area (Å²) >= 11 is 0. The fourth-order valence-electron chi connectivity index (χ4n) is 1.91. The van der Waals surface area contributed by atoms with Crippen LogP contribution in [0.1, 0.15) is 15.9 Å². The van der Waals surface area contributed by atoms with Gasteiger partial charge in [-0.3, -0.25) is 9.36 Å². The molecule has 0 saturated carbocycles. The van der Waals surface area contributed by atoms with E-state index < -0.39 is 0 Å². The van der Waals surface area contributed by atoms with Crippen LogP contribution < -0.4 is 5.32 Å². The first-order valence-corrected chi connectivity index (χ1v) is 6.57. The lowest BCUT2D eigenvalue weighted by Gasteiger charge is -2.07. The summed E-state index contributed by atoms with van der Waals surface area (Å²) < 4.78 is 15.1. The van der Waals surface area contributed by atoms with Crippen LogP contribution in [-0.2, 0) is 6.54 Å². The highest BCUT2D eigenvalue weighted by Gasteiger charge is 2.08. The van der Waals surface area contributed by atoms with E-state index in [2.05, 4.69) is 20.5 Å². The van der Waals surface area contributed by atoms with Crippen molar-refractivity contribution in [2.24, 2.45) is 0 Å². The predicted molar refractivity (Wildman–Crippen MR) is 76.7 cm³/mol. The first kappa shape index (κ1) is 13.9. The summed E-state index contributed by atoms with van der Waals surface area (Å²) in [7, 11) is 0. The molecule has 0 spiro atoms. The van der Waals surface area contributed by atoms with Gasteiger partial charge in [0.15, 0.2) is 0 Å². The summed E-state index contributed by atoms with van der Waals surface area (Å²) in [4.78, 5) is 16.2. The molecule has 0 aliphatic rings. The smallest absolute Gasteiger partial charge is 0.253 e. The van der Waals surface area contributed by atoms with Gasteiger partial charge in [0.25, 0.3) is 5.91 Å². The van der Waals surface area contributed by atoms with Crippen LogP contribution >= 0.6 is 0 Å². The van der Waals surface area contributed by atoms with Crippen molar-refractivity contribution >= 4 is 5.91 Å². The molecule has 0 fully saturated rings. The highest BCUT2D eigenvalue weighted by Crippen LogP contribution is 2.07. The number of rotatable bonds is 4. The number of aromatic nitrogens is 4. The third-order valence-electron chi connectivity index (χ3n) is 3.09. The number of nitrogens with one attached hydrogen (secondary N) is 1. The van der Waals surface area contributed by atoms with E-state index >= 15 is 0 Å². The van der Waals surface area contributed by atoms with Crippen molar-refractivity contribution in [1.29, 1.82) is 0 Å². The second kappa shape index (κ2) is 6.13. The Labute approximate surface area is 125 Å². The lowest BCUT2D eigenvalue weighted by molar-refractivity contribution is 0.0950. The number of hydrogen-bond acceptors (Lipinski definition) is 4. The molecule has 2 heterocycles. The van der Waals surface area contributed by atoms with Gasteiger partial charge in [-0.1, -0.05) is 18.2 Å². The molecule has 0 radical (unpaired) electrons. The van der Waals surface area contributed by atoms with Crippen molar-refractivity contribution in [1.82, 2.24) is 25.1 Å². The average molecular weight is 297 g/mol. The van der Waals surface area contributed by atoms with Gasteiger partial charge in [-0.2, -0.15) is 0 Å². The Balaban J connectivity index is 1.67. The molecule has 1 amide bonds. The van der Waals surface area contributed by atoms with E-state index in [1.54, 1.807) is 34.9 Å². The molecule has 1 aromatic carbocycles. The quantitative estimate of drug-likeness (QED) is 0.796. The number of amides is 1. The highest BCUT2D eigenvalue weighted by molar-refractivity contribution is 5.93. The lowest BCUT2D eigenvalue weighted by atomic mass is 10.2. The summed E-state index contributed by atoms with van der Waals surface area (Å²) in [5.74, 6) is -0.0504. The van der Waals surface area contributed by atoms with Crippen LogP contribution in [0.5, 0.6) is 0 Å². The molecule has 0 aliphatic carbocycles. The van der Waals surface area contributed by atoms with Crippen molar-refractivity contribution < 1.29 is 9.18 Å². The summed E-state index contributed by atoms with van der Waals surface area (Å²) in [6, 6.07) is 9.63. The molecule has 0 unspecified atom stereocenters. The molecular weight excluding hydrogens is 285 g/mol. The van der Waals surface area contributed by atoms with Gasteiger partial charge in [0.2, 0.25) is 0 Å². The van der Waals surface area contributed by atoms with Crippen LogP contribution in [0.15, 0.2) is 55.2 Å². The van der Waals surface area contributed by atoms with E-state index in [1.807, 2.05) is 0 Å². The molecule has 110 valence electrons. The Kier molecular flexibility index (Phi) is 3.86. The topological polar surface area (TPSA) is 72.7 Å². The zero-order chi connectivity index (χ0) is 15.4. The second-order valence-electron chi connectivity index (χ2n) is 4.55. The summed E-state index contributed by atoms with van der Waals surface area (Å²) in [6.45, 7) is 0.124. The maximum Gasteiger partial charge on any atom is 0.253 e. The second-order valence-corrected chi connectivity index (χ2v) is 4.55. The van der Waals surface area contributed by atoms with Gasteiger partial charge in [0.05, 0.1) is 5.56 Å². The zero-order valence-corrected chi connectivity index (χ0v) is 11.5. The Morgan fingerprint density at radius 2 is 1.91 bits per heavy atom. The third kappa shape index (κ3) is 2.98. The van der Waals surface area contributed by atoms with E-state index in [9.17, 15) is 9.18 Å². The van der Waals surface area contributed by atoms with Gasteiger partial charge in [-0.25, -0.2) is 9.37 Å². The molecule has 22 heavy (non-hydrogen) atoms. The number of carbonyl (C=O) groups excluding carboxylic acids is 1. The molecule has 1 N–H and O–H groups in total. The molecule has 0 saturated heterocycles. The minimum Gasteiger partial charge on any atom is -0.348 e. The SMILES string of the molecule is O=C(NCc1ccccc1F)c1ccc(-n2cnnc2)nc1. The number of pyridine rings is 1. The number of benzene rings is 1. The van der Waals surface area contributed by atoms with Gasteiger partial charge in [-0.05, 0) is 18.2 Å². The Morgan fingerprint density at radius 1 is 1.14 bits per heavy atom. The van der Waals surface area contributed by atoms with Gasteiger partial charge >= 0.3 is 0 Å². The van der Waals surface area contributed by atoms with Crippen LogP contribution in [-0.4, -0.2) is 25.7 Å². The number of carbonyl (C=O) groups is 1. The largest absolute Gasteiger partial charge is 0.348 e. The molecule has 0 aliphatic heterocycles. The van der Waals surface area contributed by atoms with E-state index in [0.717, 1.165) is 0 Å². The lowest BCUT2D eigenvalue weighted by Crippen LogP contribution is -2.23. The Morgan fingerprint density at radius 3 is 2.59 bits per heavy atom. The van der Waals surface area contributed by atoms with Crippen LogP contribution in [0.2, 0.25) is 0 Å². The summed E-state index contributed by atoms with van der Waals surface area (Å²) in [5.41, 5.74) is 0.832. The predicted octanol–water partition coefficient (Wildman–Crippen LogP) is 1.73. The Bertz CT molecular complexity index is 771. The highest BCUT2D eigenvalue weighted by atomic mass is 19.1. The van der Waals surface area contributed by atoms with Crippen molar-refractivity contribution in [3.05, 3.63) is 72.2 Å². The summed E-state index contributed by atoms with van der Waals surface area (Å²) in [6.07, 6.45) is 4.48. The van der Waals surface area contributed by atoms with E-state index in [4.69, 9.17) is 0 Å². The van der Waals surface area contributed by atoms with Crippen molar-refractivity contribution in [3.8, 4) is 5.82 Å². The van der Waals surface area contributed by atoms with Gasteiger partial charge in [0, 0.05) is 18.3 Å². The maximum atomic E-state index is 13.5. The van der Waals surface area contributed by atoms with E-state index in [0.29, 0.717) is 16.9 Å². The van der Waals surface area contributed by atoms with Crippen molar-refractivity contribution in [2.75, 3.05) is 0 Å². The minimum absolute atomic E-state index is 0.124. The van der Waals surface area contributed by atoms with Gasteiger partial charge in [0.1, 0.15) is 24.3 Å². The fraction of sp³-hybridized carbons (Fsp3) is 0.0667. The number of hydrogen-bond donors (Lipinski definition) is 1. The molecule has 7 heteroatoms. The molecule has 0 atom stereocenters. The first-order valence-electron chi connectivity index (χ1n) is 6.57. The van der Waals surface area contributed by atoms with Crippen molar-refractivity contribution in [2.45, 2.75) is 6.54 Å². The van der Waals surface area contributed by atoms with Crippen LogP contribution in [0.25, 0.3) is 5.82 Å². The molecule has 0 bridgehead atoms. The van der Waals surface area contributed by atoms with Gasteiger partial charge in [-0.15, -0.1) is 10.2 Å². The van der Waals surface area contributed by atoms with Gasteiger partial charge < -0.3 is 5.32 Å². The maximum absolute atomic E-state index is 13.5. The average Bonchev–Trinajstić information content (AvgIpc) is 3.08. The van der Waals surface area contributed by atoms with E-state index in [1.165, 1.54) is 24.9 Å². The van der Waals surface area contributed by atoms with Crippen LogP contribution in [0.3, 0.4) is 0 Å². The molecule has 6 nitrogen and oxygen atoms in total. The normalized spacial score (nSPS) is 10.4. The summed E-state index contributed by atoms with van der Waals surface area (Å²) in [5, 5.41) is 10.0. The zero-order valence-electron chi connectivity index (χ0n) is 11.5. The molecule has 3 aromatic rings.